The van der Waals surface area contributed by atoms with Gasteiger partial charge in [0.15, 0.2) is 0 Å². The van der Waals surface area contributed by atoms with Crippen molar-refractivity contribution in [1.82, 2.24) is 4.57 Å². The van der Waals surface area contributed by atoms with E-state index < -0.39 is 0 Å². The molecule has 1 N–H and O–H groups in total. The van der Waals surface area contributed by atoms with Crippen LogP contribution in [0.25, 0.3) is 0 Å². The number of hydrogen-bond donors (Lipinski definition) is 1. The molecular formula is C18H22N2O4S. The van der Waals surface area contributed by atoms with Crippen molar-refractivity contribution in [3.05, 3.63) is 50.1 Å². The highest BCUT2D eigenvalue weighted by atomic mass is 32.1. The molecule has 2 aromatic rings. The van der Waals surface area contributed by atoms with Gasteiger partial charge in [-0.3, -0.25) is 14.2 Å². The van der Waals surface area contributed by atoms with Gasteiger partial charge in [-0.25, -0.2) is 4.79 Å². The summed E-state index contributed by atoms with van der Waals surface area (Å²) >= 11 is 1.13. The highest BCUT2D eigenvalue weighted by Gasteiger charge is 2.12. The van der Waals surface area contributed by atoms with Crippen molar-refractivity contribution in [2.24, 2.45) is 0 Å². The summed E-state index contributed by atoms with van der Waals surface area (Å²) in [6.45, 7) is 6.07. The summed E-state index contributed by atoms with van der Waals surface area (Å²) in [4.78, 5) is 36.5. The molecule has 25 heavy (non-hydrogen) atoms. The van der Waals surface area contributed by atoms with Gasteiger partial charge < -0.3 is 10.1 Å². The fourth-order valence-corrected chi connectivity index (χ4v) is 3.03. The Balaban J connectivity index is 1.95. The molecule has 0 aliphatic heterocycles. The average molecular weight is 362 g/mol. The zero-order valence-corrected chi connectivity index (χ0v) is 15.4. The van der Waals surface area contributed by atoms with E-state index in [1.807, 2.05) is 20.8 Å². The number of anilines is 1. The molecule has 2 rings (SSSR count). The number of esters is 1. The third-order valence-corrected chi connectivity index (χ3v) is 4.81. The third kappa shape index (κ3) is 5.03. The van der Waals surface area contributed by atoms with Gasteiger partial charge in [-0.2, -0.15) is 0 Å². The van der Waals surface area contributed by atoms with Crippen LogP contribution in [0, 0.1) is 13.8 Å². The molecule has 0 radical (unpaired) electrons. The van der Waals surface area contributed by atoms with E-state index in [0.717, 1.165) is 34.7 Å². The van der Waals surface area contributed by atoms with Gasteiger partial charge in [-0.15, -0.1) is 0 Å². The number of rotatable bonds is 7. The number of carbonyl (C=O) groups is 2. The normalized spacial score (nSPS) is 10.5. The second-order valence-corrected chi connectivity index (χ2v) is 6.88. The largest absolute Gasteiger partial charge is 0.462 e. The van der Waals surface area contributed by atoms with E-state index in [1.165, 1.54) is 4.57 Å². The lowest BCUT2D eigenvalue weighted by atomic mass is 10.2. The number of aryl methyl sites for hydroxylation is 1. The summed E-state index contributed by atoms with van der Waals surface area (Å²) in [7, 11) is 0. The van der Waals surface area contributed by atoms with Crippen LogP contribution in [-0.2, 0) is 16.1 Å². The summed E-state index contributed by atoms with van der Waals surface area (Å²) < 4.78 is 6.59. The van der Waals surface area contributed by atoms with Crippen LogP contribution in [0.15, 0.2) is 29.1 Å². The number of unbranched alkanes of at least 4 members (excludes halogenated alkanes) is 1. The van der Waals surface area contributed by atoms with E-state index >= 15 is 0 Å². The number of carbonyl (C=O) groups excluding carboxylic acids is 2. The molecule has 0 bridgehead atoms. The summed E-state index contributed by atoms with van der Waals surface area (Å²) in [5, 5.41) is 2.73. The number of nitrogens with zero attached hydrogens (tertiary/aromatic N) is 1. The van der Waals surface area contributed by atoms with Gasteiger partial charge in [-0.1, -0.05) is 24.7 Å². The van der Waals surface area contributed by atoms with Crippen LogP contribution < -0.4 is 10.2 Å². The lowest BCUT2D eigenvalue weighted by Crippen LogP contribution is -2.25. The van der Waals surface area contributed by atoms with Crippen LogP contribution in [0.3, 0.4) is 0 Å². The Morgan fingerprint density at radius 2 is 1.88 bits per heavy atom. The number of thiazole rings is 1. The third-order valence-electron chi connectivity index (χ3n) is 3.81. The topological polar surface area (TPSA) is 77.4 Å². The van der Waals surface area contributed by atoms with Crippen molar-refractivity contribution >= 4 is 28.9 Å². The number of hydrogen-bond acceptors (Lipinski definition) is 5. The SMILES string of the molecule is CCCCOC(=O)c1ccc(NC(=O)Cn2c(C)c(C)sc2=O)cc1. The van der Waals surface area contributed by atoms with Crippen molar-refractivity contribution in [2.75, 3.05) is 11.9 Å². The van der Waals surface area contributed by atoms with Crippen LogP contribution in [0.1, 0.15) is 40.7 Å². The van der Waals surface area contributed by atoms with Crippen LogP contribution >= 0.6 is 11.3 Å². The van der Waals surface area contributed by atoms with Gasteiger partial charge >= 0.3 is 10.8 Å². The van der Waals surface area contributed by atoms with Crippen molar-refractivity contribution in [3.63, 3.8) is 0 Å². The Kier molecular flexibility index (Phi) is 6.52. The van der Waals surface area contributed by atoms with Crippen LogP contribution in [-0.4, -0.2) is 23.1 Å². The molecule has 0 saturated carbocycles. The maximum absolute atomic E-state index is 12.1. The van der Waals surface area contributed by atoms with Gasteiger partial charge in [0.25, 0.3) is 0 Å². The Morgan fingerprint density at radius 1 is 1.20 bits per heavy atom. The minimum Gasteiger partial charge on any atom is -0.462 e. The zero-order valence-electron chi connectivity index (χ0n) is 14.6. The number of nitrogens with one attached hydrogen (secondary N) is 1. The second-order valence-electron chi connectivity index (χ2n) is 5.71. The Hall–Kier alpha value is -2.41. The lowest BCUT2D eigenvalue weighted by Gasteiger charge is -2.08. The molecule has 0 atom stereocenters. The van der Waals surface area contributed by atoms with E-state index in [4.69, 9.17) is 4.74 Å². The fraction of sp³-hybridized carbons (Fsp3) is 0.389. The van der Waals surface area contributed by atoms with Gasteiger partial charge in [0.2, 0.25) is 5.91 Å². The molecule has 7 heteroatoms. The molecule has 134 valence electrons. The zero-order chi connectivity index (χ0) is 18.4. The van der Waals surface area contributed by atoms with Crippen LogP contribution in [0.2, 0.25) is 0 Å². The molecule has 0 spiro atoms. The molecule has 0 saturated heterocycles. The quantitative estimate of drug-likeness (QED) is 0.606. The van der Waals surface area contributed by atoms with Crippen molar-refractivity contribution < 1.29 is 14.3 Å². The van der Waals surface area contributed by atoms with Crippen molar-refractivity contribution in [1.29, 1.82) is 0 Å². The Bertz CT molecular complexity index is 805. The standard InChI is InChI=1S/C18H22N2O4S/c1-4-5-10-24-17(22)14-6-8-15(9-7-14)19-16(21)11-20-12(2)13(3)25-18(20)23/h6-9H,4-5,10-11H2,1-3H3,(H,19,21). The van der Waals surface area contributed by atoms with Crippen LogP contribution in [0.5, 0.6) is 0 Å². The first kappa shape index (κ1) is 18.9. The molecule has 0 unspecified atom stereocenters. The summed E-state index contributed by atoms with van der Waals surface area (Å²) in [6, 6.07) is 6.50. The maximum Gasteiger partial charge on any atom is 0.338 e. The number of aromatic nitrogens is 1. The first-order chi connectivity index (χ1) is 11.9. The monoisotopic (exact) mass is 362 g/mol. The molecule has 0 aliphatic rings. The van der Waals surface area contributed by atoms with E-state index in [1.54, 1.807) is 24.3 Å². The lowest BCUT2D eigenvalue weighted by molar-refractivity contribution is -0.116. The highest BCUT2D eigenvalue weighted by Crippen LogP contribution is 2.12. The van der Waals surface area contributed by atoms with Gasteiger partial charge in [0.1, 0.15) is 6.54 Å². The molecule has 1 heterocycles. The van der Waals surface area contributed by atoms with E-state index in [-0.39, 0.29) is 23.3 Å². The van der Waals surface area contributed by atoms with Crippen molar-refractivity contribution in [3.8, 4) is 0 Å². The molecule has 0 aliphatic carbocycles. The fourth-order valence-electron chi connectivity index (χ4n) is 2.20. The predicted molar refractivity (Wildman–Crippen MR) is 98.3 cm³/mol. The van der Waals surface area contributed by atoms with Crippen LogP contribution in [0.4, 0.5) is 5.69 Å². The van der Waals surface area contributed by atoms with E-state index in [2.05, 4.69) is 5.32 Å². The van der Waals surface area contributed by atoms with Gasteiger partial charge in [0, 0.05) is 16.3 Å². The van der Waals surface area contributed by atoms with E-state index in [0.29, 0.717) is 17.9 Å². The predicted octanol–water partition coefficient (Wildman–Crippen LogP) is 3.12. The second kappa shape index (κ2) is 8.62. The summed E-state index contributed by atoms with van der Waals surface area (Å²) in [6.07, 6.45) is 1.80. The van der Waals surface area contributed by atoms with E-state index in [9.17, 15) is 14.4 Å². The molecule has 0 fully saturated rings. The Labute approximate surface area is 150 Å². The first-order valence-corrected chi connectivity index (χ1v) is 8.98. The van der Waals surface area contributed by atoms with Crippen molar-refractivity contribution in [2.45, 2.75) is 40.2 Å². The maximum atomic E-state index is 12.1. The van der Waals surface area contributed by atoms with Gasteiger partial charge in [-0.05, 0) is 44.5 Å². The number of ether oxygens (including phenoxy) is 1. The molecule has 6 nitrogen and oxygen atoms in total. The minimum atomic E-state index is -0.373. The molecular weight excluding hydrogens is 340 g/mol. The number of amides is 1. The summed E-state index contributed by atoms with van der Waals surface area (Å²) in [5.74, 6) is -0.663. The minimum absolute atomic E-state index is 0.0319. The number of benzene rings is 1. The first-order valence-electron chi connectivity index (χ1n) is 8.16. The van der Waals surface area contributed by atoms with Gasteiger partial charge in [0.05, 0.1) is 12.2 Å². The highest BCUT2D eigenvalue weighted by molar-refractivity contribution is 7.09. The Morgan fingerprint density at radius 3 is 2.44 bits per heavy atom. The molecule has 1 amide bonds. The smallest absolute Gasteiger partial charge is 0.338 e. The summed E-state index contributed by atoms with van der Waals surface area (Å²) in [5.41, 5.74) is 1.80. The molecule has 1 aromatic carbocycles. The average Bonchev–Trinajstić information content (AvgIpc) is 2.82. The molecule has 1 aromatic heterocycles.